The normalized spacial score (nSPS) is 11.5. The Labute approximate surface area is 187 Å². The standard InChI is InChI=1S/C29H17.Li/c1-3-7-22(8-4-1)11-13-24-15-17-28-26(19-24)21-27-20-25(16-18-29(27)28)14-12-23-9-5-2-6-10-23;/h1-10,15-21H;. The van der Waals surface area contributed by atoms with Crippen molar-refractivity contribution in [3.05, 3.63) is 130 Å². The topological polar surface area (TPSA) is 0 Å². The molecular weight excluding hydrogens is 355 g/mol. The fourth-order valence-electron chi connectivity index (χ4n) is 3.99. The fourth-order valence-corrected chi connectivity index (χ4v) is 3.99. The summed E-state index contributed by atoms with van der Waals surface area (Å²) in [6.45, 7) is 0. The molecule has 4 aromatic rings. The van der Waals surface area contributed by atoms with Crippen LogP contribution in [0.1, 0.15) is 38.0 Å². The third kappa shape index (κ3) is 3.73. The molecule has 0 amide bonds. The van der Waals surface area contributed by atoms with Gasteiger partial charge in [-0.05, 0) is 0 Å². The van der Waals surface area contributed by atoms with Crippen LogP contribution in [0.4, 0.5) is 0 Å². The van der Waals surface area contributed by atoms with Gasteiger partial charge >= 0.3 is 188 Å². The van der Waals surface area contributed by atoms with Crippen molar-refractivity contribution in [2.24, 2.45) is 0 Å². The van der Waals surface area contributed by atoms with E-state index in [1.54, 1.807) is 0 Å². The molecule has 0 saturated heterocycles. The van der Waals surface area contributed by atoms with E-state index in [2.05, 4.69) is 77.8 Å². The van der Waals surface area contributed by atoms with E-state index in [-0.39, 0.29) is 0 Å². The average molecular weight is 372 g/mol. The maximum atomic E-state index is 3.32. The molecule has 0 radical (unpaired) electrons. The third-order valence-electron chi connectivity index (χ3n) is 5.58. The molecule has 0 N–H and O–H groups in total. The van der Waals surface area contributed by atoms with Crippen molar-refractivity contribution in [3.8, 4) is 34.8 Å². The molecule has 0 heterocycles. The second kappa shape index (κ2) is 8.15. The number of hydrogen-bond donors (Lipinski definition) is 0. The summed E-state index contributed by atoms with van der Waals surface area (Å²) in [6, 6.07) is 33.4. The van der Waals surface area contributed by atoms with Gasteiger partial charge in [0.1, 0.15) is 0 Å². The Morgan fingerprint density at radius 1 is 0.467 bits per heavy atom. The molecule has 0 atom stereocenters. The number of rotatable bonds is 0. The van der Waals surface area contributed by atoms with Crippen molar-refractivity contribution in [1.29, 1.82) is 0 Å². The summed E-state index contributed by atoms with van der Waals surface area (Å²) in [4.78, 5) is 0. The molecule has 0 aliphatic heterocycles. The van der Waals surface area contributed by atoms with Crippen molar-refractivity contribution < 1.29 is 0 Å². The van der Waals surface area contributed by atoms with Crippen molar-refractivity contribution in [1.82, 2.24) is 0 Å². The van der Waals surface area contributed by atoms with Crippen LogP contribution >= 0.6 is 0 Å². The minimum absolute atomic E-state index is 0.340. The molecule has 1 heteroatoms. The summed E-state index contributed by atoms with van der Waals surface area (Å²) in [5.41, 5.74) is 9.50. The fraction of sp³-hybridized carbons (Fsp3) is 0.0345. The van der Waals surface area contributed by atoms with Crippen molar-refractivity contribution in [2.75, 3.05) is 0 Å². The van der Waals surface area contributed by atoms with Gasteiger partial charge in [-0.25, -0.2) is 0 Å². The predicted molar refractivity (Wildman–Crippen MR) is 124 cm³/mol. The first-order valence-corrected chi connectivity index (χ1v) is 10.2. The molecule has 5 rings (SSSR count). The van der Waals surface area contributed by atoms with Gasteiger partial charge in [0.05, 0.1) is 0 Å². The van der Waals surface area contributed by atoms with Gasteiger partial charge in [-0.2, -0.15) is 0 Å². The minimum atomic E-state index is 0.340. The van der Waals surface area contributed by atoms with Gasteiger partial charge in [-0.1, -0.05) is 0 Å². The molecule has 1 aliphatic rings. The summed E-state index contributed by atoms with van der Waals surface area (Å²) in [5.74, 6) is 13.2. The average Bonchev–Trinajstić information content (AvgIpc) is 3.09. The SMILES string of the molecule is [Li][CH]1c2cc(C#Cc3ccccc3)ccc2-c2ccc(C#Cc3ccccc3)cc21. The first-order valence-electron chi connectivity index (χ1n) is 10.2. The molecule has 0 bridgehead atoms. The van der Waals surface area contributed by atoms with E-state index in [4.69, 9.17) is 0 Å². The van der Waals surface area contributed by atoms with Crippen molar-refractivity contribution >= 4 is 17.7 Å². The maximum absolute atomic E-state index is 3.32. The summed E-state index contributed by atoms with van der Waals surface area (Å²) in [6.07, 6.45) is 0. The molecule has 0 unspecified atom stereocenters. The Morgan fingerprint density at radius 3 is 1.30 bits per heavy atom. The zero-order valence-corrected chi connectivity index (χ0v) is 16.8. The first kappa shape index (κ1) is 18.6. The van der Waals surface area contributed by atoms with Gasteiger partial charge in [0, 0.05) is 0 Å². The predicted octanol–water partition coefficient (Wildman–Crippen LogP) is 5.72. The van der Waals surface area contributed by atoms with Crippen molar-refractivity contribution in [2.45, 2.75) is 4.59 Å². The summed E-state index contributed by atoms with van der Waals surface area (Å²) in [7, 11) is 0. The molecular formula is C29H17Li. The summed E-state index contributed by atoms with van der Waals surface area (Å²) in [5, 5.41) is 0. The second-order valence-electron chi connectivity index (χ2n) is 7.56. The number of fused-ring (bicyclic) bond motifs is 3. The van der Waals surface area contributed by atoms with Crippen LogP contribution in [0.2, 0.25) is 0 Å². The van der Waals surface area contributed by atoms with Crippen LogP contribution in [0.5, 0.6) is 0 Å². The Bertz CT molecular complexity index is 1240. The summed E-state index contributed by atoms with van der Waals surface area (Å²) < 4.78 is 0.340. The zero-order chi connectivity index (χ0) is 20.3. The van der Waals surface area contributed by atoms with E-state index in [9.17, 15) is 0 Å². The molecule has 0 fully saturated rings. The van der Waals surface area contributed by atoms with Crippen LogP contribution in [0.15, 0.2) is 97.1 Å². The van der Waals surface area contributed by atoms with Gasteiger partial charge in [0.2, 0.25) is 0 Å². The summed E-state index contributed by atoms with van der Waals surface area (Å²) >= 11 is 2.27. The van der Waals surface area contributed by atoms with E-state index in [1.807, 2.05) is 60.7 Å². The molecule has 134 valence electrons. The van der Waals surface area contributed by atoms with E-state index in [0.717, 1.165) is 22.3 Å². The zero-order valence-electron chi connectivity index (χ0n) is 16.8. The van der Waals surface area contributed by atoms with Crippen LogP contribution in [0.25, 0.3) is 11.1 Å². The molecule has 0 aromatic heterocycles. The molecule has 0 nitrogen and oxygen atoms in total. The number of hydrogen-bond acceptors (Lipinski definition) is 0. The van der Waals surface area contributed by atoms with Crippen LogP contribution in [-0.2, 0) is 0 Å². The van der Waals surface area contributed by atoms with E-state index >= 15 is 0 Å². The third-order valence-corrected chi connectivity index (χ3v) is 5.58. The monoisotopic (exact) mass is 372 g/mol. The second-order valence-corrected chi connectivity index (χ2v) is 7.56. The van der Waals surface area contributed by atoms with Gasteiger partial charge in [0.25, 0.3) is 0 Å². The van der Waals surface area contributed by atoms with Gasteiger partial charge in [-0.15, -0.1) is 0 Å². The van der Waals surface area contributed by atoms with Crippen LogP contribution in [0.3, 0.4) is 0 Å². The van der Waals surface area contributed by atoms with Crippen LogP contribution in [0, 0.1) is 23.7 Å². The first-order chi connectivity index (χ1) is 14.8. The Kier molecular flexibility index (Phi) is 5.06. The quantitative estimate of drug-likeness (QED) is 0.273. The molecule has 30 heavy (non-hydrogen) atoms. The van der Waals surface area contributed by atoms with Crippen LogP contribution in [-0.4, -0.2) is 17.7 Å². The number of benzene rings is 4. The Hall–Kier alpha value is -3.40. The molecule has 1 aliphatic carbocycles. The van der Waals surface area contributed by atoms with Gasteiger partial charge in [-0.3, -0.25) is 0 Å². The van der Waals surface area contributed by atoms with Gasteiger partial charge < -0.3 is 0 Å². The van der Waals surface area contributed by atoms with E-state index in [1.165, 1.54) is 22.3 Å². The van der Waals surface area contributed by atoms with Crippen molar-refractivity contribution in [3.63, 3.8) is 0 Å². The molecule has 4 aromatic carbocycles. The van der Waals surface area contributed by atoms with Gasteiger partial charge in [0.15, 0.2) is 0 Å². The molecule has 0 saturated carbocycles. The molecule has 0 spiro atoms. The van der Waals surface area contributed by atoms with E-state index < -0.39 is 0 Å². The Morgan fingerprint density at radius 2 is 0.867 bits per heavy atom. The van der Waals surface area contributed by atoms with Crippen LogP contribution < -0.4 is 0 Å². The Balaban J connectivity index is 1.46. The van der Waals surface area contributed by atoms with E-state index in [0.29, 0.717) is 4.59 Å².